The molecule has 2 aliphatic carbocycles. The van der Waals surface area contributed by atoms with E-state index in [1.807, 2.05) is 12.1 Å². The van der Waals surface area contributed by atoms with E-state index >= 15 is 0 Å². The second-order valence-corrected chi connectivity index (χ2v) is 40.1. The van der Waals surface area contributed by atoms with E-state index in [4.69, 9.17) is 0 Å². The molecule has 0 bridgehead atoms. The Morgan fingerprint density at radius 2 is 1.56 bits per heavy atom. The minimum atomic E-state index is -4.35. The van der Waals surface area contributed by atoms with E-state index in [9.17, 15) is 13.2 Å². The first kappa shape index (κ1) is 23.7. The number of hydrogen-bond donors (Lipinski definition) is 0. The van der Waals surface area contributed by atoms with Crippen molar-refractivity contribution in [2.45, 2.75) is 46.8 Å². The maximum absolute atomic E-state index is 13.4. The van der Waals surface area contributed by atoms with Crippen molar-refractivity contribution in [2.24, 2.45) is 5.92 Å². The number of hydrogen-bond acceptors (Lipinski definition) is 0. The monoisotopic (exact) mass is 530 g/mol. The van der Waals surface area contributed by atoms with Gasteiger partial charge >= 0.3 is 193 Å². The summed E-state index contributed by atoms with van der Waals surface area (Å²) in [5.74, 6) is 0.436. The van der Waals surface area contributed by atoms with Crippen molar-refractivity contribution in [1.29, 1.82) is 0 Å². The molecule has 0 saturated heterocycles. The van der Waals surface area contributed by atoms with Crippen LogP contribution in [0.4, 0.5) is 13.2 Å². The molecule has 5 heteroatoms. The summed E-state index contributed by atoms with van der Waals surface area (Å²) in [6.45, 7) is 11.3. The van der Waals surface area contributed by atoms with Crippen molar-refractivity contribution < 1.29 is 30.6 Å². The number of rotatable bonds is 3. The van der Waals surface area contributed by atoms with Gasteiger partial charge < -0.3 is 0 Å². The molecule has 2 atom stereocenters. The molecule has 0 N–H and O–H groups in total. The van der Waals surface area contributed by atoms with Gasteiger partial charge in [-0.1, -0.05) is 0 Å². The van der Waals surface area contributed by atoms with Gasteiger partial charge in [-0.2, -0.15) is 0 Å². The number of allylic oxidation sites excluding steroid dienone is 5. The second kappa shape index (κ2) is 7.53. The Morgan fingerprint density at radius 1 is 0.906 bits per heavy atom. The summed E-state index contributed by atoms with van der Waals surface area (Å²) >= 11 is -3.57. The molecule has 0 radical (unpaired) electrons. The Balaban J connectivity index is 1.92. The number of benzene rings is 2. The van der Waals surface area contributed by atoms with E-state index in [2.05, 4.69) is 68.1 Å². The van der Waals surface area contributed by atoms with Crippen LogP contribution in [-0.2, 0) is 23.6 Å². The van der Waals surface area contributed by atoms with E-state index < -0.39 is 29.1 Å². The fourth-order valence-corrected chi connectivity index (χ4v) is 24.6. The van der Waals surface area contributed by atoms with Crippen LogP contribution in [0.3, 0.4) is 0 Å². The molecule has 0 amide bonds. The van der Waals surface area contributed by atoms with Crippen LogP contribution in [0.2, 0.25) is 9.26 Å². The van der Waals surface area contributed by atoms with Gasteiger partial charge in [0.05, 0.1) is 0 Å². The van der Waals surface area contributed by atoms with Crippen LogP contribution in [0.25, 0.3) is 5.57 Å². The predicted molar refractivity (Wildman–Crippen MR) is 128 cm³/mol. The third kappa shape index (κ3) is 3.60. The average Bonchev–Trinajstić information content (AvgIpc) is 3.20. The van der Waals surface area contributed by atoms with E-state index in [-0.39, 0.29) is 3.63 Å². The molecule has 0 fully saturated rings. The number of fused-ring (bicyclic) bond motifs is 1. The summed E-state index contributed by atoms with van der Waals surface area (Å²) in [5, 5.41) is 0. The van der Waals surface area contributed by atoms with Crippen LogP contribution in [-0.4, -0.2) is 6.88 Å². The number of alkyl halides is 3. The zero-order valence-electron chi connectivity index (χ0n) is 19.7. The molecular formula is C27H31F3SiZr. The van der Waals surface area contributed by atoms with Crippen molar-refractivity contribution >= 4 is 12.5 Å². The Labute approximate surface area is 191 Å². The SMILES string of the molecule is CC1=C(C)C(C)[C]([Zr]([CH3])([CH3])(=[SiH2])[CH]2C=C(c3cccc(C(F)(F)F)c3)c3ccccc32)=C1C. The molecule has 0 aliphatic heterocycles. The molecule has 2 aromatic carbocycles. The van der Waals surface area contributed by atoms with Crippen LogP contribution in [0, 0.1) is 5.92 Å². The predicted octanol–water partition coefficient (Wildman–Crippen LogP) is 7.79. The molecule has 2 aliphatic rings. The van der Waals surface area contributed by atoms with Gasteiger partial charge in [-0.3, -0.25) is 0 Å². The average molecular weight is 532 g/mol. The molecule has 4 rings (SSSR count). The summed E-state index contributed by atoms with van der Waals surface area (Å²) in [6.07, 6.45) is -2.05. The van der Waals surface area contributed by atoms with Crippen LogP contribution in [0.15, 0.2) is 74.6 Å². The summed E-state index contributed by atoms with van der Waals surface area (Å²) in [6, 6.07) is 14.1. The van der Waals surface area contributed by atoms with Crippen molar-refractivity contribution in [3.8, 4) is 0 Å². The van der Waals surface area contributed by atoms with Gasteiger partial charge in [-0.25, -0.2) is 0 Å². The van der Waals surface area contributed by atoms with Gasteiger partial charge in [-0.05, 0) is 0 Å². The first-order valence-corrected chi connectivity index (χ1v) is 24.7. The molecule has 0 heterocycles. The maximum atomic E-state index is 13.4. The molecule has 0 spiro atoms. The Morgan fingerprint density at radius 3 is 2.16 bits per heavy atom. The molecule has 0 nitrogen and oxygen atoms in total. The van der Waals surface area contributed by atoms with E-state index in [0.29, 0.717) is 11.5 Å². The van der Waals surface area contributed by atoms with Gasteiger partial charge in [0.2, 0.25) is 0 Å². The standard InChI is InChI=1S/C16H10F3.C9H13.2CH3.H2Si.Zr/c17-16(18,19)13-6-3-5-12(10-13)15-9-8-11-4-1-2-7-14(11)15;1-6-5-7(2)9(4)8(6)3;;;;/h1-10H;6H,1-4H3;2*1H3;1H2;. The second-order valence-electron chi connectivity index (χ2n) is 10.6. The fraction of sp³-hybridized carbons (Fsp3) is 0.333. The molecule has 0 aromatic heterocycles. The van der Waals surface area contributed by atoms with Crippen molar-refractivity contribution in [3.63, 3.8) is 0 Å². The van der Waals surface area contributed by atoms with Crippen LogP contribution in [0.5, 0.6) is 0 Å². The quantitative estimate of drug-likeness (QED) is 0.355. The molecule has 0 saturated carbocycles. The Bertz CT molecular complexity index is 1280. The Kier molecular flexibility index (Phi) is 5.58. The molecule has 168 valence electrons. The Hall–Kier alpha value is -1.45. The minimum absolute atomic E-state index is 0.265. The third-order valence-electron chi connectivity index (χ3n) is 7.94. The van der Waals surface area contributed by atoms with Crippen molar-refractivity contribution in [1.82, 2.24) is 0 Å². The van der Waals surface area contributed by atoms with Crippen molar-refractivity contribution in [3.05, 3.63) is 96.9 Å². The van der Waals surface area contributed by atoms with Crippen LogP contribution >= 0.6 is 0 Å². The first-order chi connectivity index (χ1) is 14.7. The van der Waals surface area contributed by atoms with Crippen LogP contribution in [0.1, 0.15) is 53.6 Å². The normalized spacial score (nSPS) is 21.9. The van der Waals surface area contributed by atoms with Gasteiger partial charge in [0.15, 0.2) is 0 Å². The summed E-state index contributed by atoms with van der Waals surface area (Å²) in [7, 11) is 0. The molecule has 32 heavy (non-hydrogen) atoms. The molecule has 2 unspecified atom stereocenters. The molecule has 2 aromatic rings. The van der Waals surface area contributed by atoms with Gasteiger partial charge in [0.25, 0.3) is 0 Å². The summed E-state index contributed by atoms with van der Waals surface area (Å²) < 4.78 is 47.2. The fourth-order valence-electron chi connectivity index (χ4n) is 6.10. The van der Waals surface area contributed by atoms with Gasteiger partial charge in [-0.15, -0.1) is 0 Å². The first-order valence-electron chi connectivity index (χ1n) is 11.2. The van der Waals surface area contributed by atoms with Gasteiger partial charge in [0.1, 0.15) is 0 Å². The third-order valence-corrected chi connectivity index (χ3v) is 25.2. The van der Waals surface area contributed by atoms with E-state index in [0.717, 1.165) is 17.2 Å². The molecular weight excluding hydrogens is 501 g/mol. The van der Waals surface area contributed by atoms with Crippen LogP contribution < -0.4 is 0 Å². The summed E-state index contributed by atoms with van der Waals surface area (Å²) in [4.78, 5) is 0. The van der Waals surface area contributed by atoms with E-state index in [1.54, 1.807) is 3.28 Å². The van der Waals surface area contributed by atoms with Gasteiger partial charge in [0, 0.05) is 0 Å². The topological polar surface area (TPSA) is 0 Å². The number of halogens is 3. The summed E-state index contributed by atoms with van der Waals surface area (Å²) in [5.41, 5.74) is 7.68. The zero-order valence-corrected chi connectivity index (χ0v) is 23.6. The van der Waals surface area contributed by atoms with Crippen molar-refractivity contribution in [2.75, 3.05) is 0 Å². The zero-order chi connectivity index (χ0) is 23.7. The van der Waals surface area contributed by atoms with E-state index in [1.165, 1.54) is 34.4 Å².